The van der Waals surface area contributed by atoms with Crippen molar-refractivity contribution in [2.45, 2.75) is 45.7 Å². The van der Waals surface area contributed by atoms with Crippen molar-refractivity contribution in [1.82, 2.24) is 20.5 Å². The molecule has 0 spiro atoms. The quantitative estimate of drug-likeness (QED) is 0.532. The molecule has 1 aromatic carbocycles. The number of aromatic nitrogens is 1. The molecule has 1 aromatic heterocycles. The monoisotopic (exact) mass is 438 g/mol. The first-order valence-electron chi connectivity index (χ1n) is 11.5. The molecule has 3 heterocycles. The normalized spacial score (nSPS) is 20.7. The van der Waals surface area contributed by atoms with E-state index < -0.39 is 0 Å². The second kappa shape index (κ2) is 10.2. The zero-order valence-electron chi connectivity index (χ0n) is 19.3. The van der Waals surface area contributed by atoms with Crippen LogP contribution in [0.3, 0.4) is 0 Å². The summed E-state index contributed by atoms with van der Waals surface area (Å²) in [6.45, 7) is 8.36. The molecule has 2 fully saturated rings. The number of nitrogens with zero attached hydrogens (tertiary/aromatic N) is 4. The number of anilines is 1. The second-order valence-corrected chi connectivity index (χ2v) is 8.81. The van der Waals surface area contributed by atoms with Gasteiger partial charge in [0, 0.05) is 32.2 Å². The Kier molecular flexibility index (Phi) is 7.09. The number of piperidine rings is 1. The van der Waals surface area contributed by atoms with Crippen LogP contribution in [0.15, 0.2) is 39.7 Å². The summed E-state index contributed by atoms with van der Waals surface area (Å²) in [7, 11) is 1.78. The van der Waals surface area contributed by atoms with Crippen LogP contribution in [-0.2, 0) is 11.3 Å². The first kappa shape index (κ1) is 22.3. The summed E-state index contributed by atoms with van der Waals surface area (Å²) < 4.78 is 5.73. The Hall–Kier alpha value is -2.87. The van der Waals surface area contributed by atoms with Crippen molar-refractivity contribution in [1.29, 1.82) is 0 Å². The lowest BCUT2D eigenvalue weighted by Gasteiger charge is -2.31. The number of carbonyl (C=O) groups is 1. The fraction of sp³-hybridized carbons (Fsp3) is 0.542. The number of aliphatic imine (C=N–C) groups is 1. The van der Waals surface area contributed by atoms with Crippen LogP contribution in [0, 0.1) is 19.8 Å². The smallest absolute Gasteiger partial charge is 0.229 e. The molecule has 1 amide bonds. The number of carbonyl (C=O) groups excluding carboxylic acids is 1. The van der Waals surface area contributed by atoms with Gasteiger partial charge in [0.25, 0.3) is 0 Å². The number of likely N-dealkylation sites (tertiary alicyclic amines) is 1. The Morgan fingerprint density at radius 3 is 2.62 bits per heavy atom. The molecular formula is C24H34N6O2. The van der Waals surface area contributed by atoms with Crippen LogP contribution in [0.5, 0.6) is 0 Å². The highest BCUT2D eigenvalue weighted by Crippen LogP contribution is 2.21. The molecule has 1 atom stereocenters. The van der Waals surface area contributed by atoms with Crippen molar-refractivity contribution in [3.63, 3.8) is 0 Å². The van der Waals surface area contributed by atoms with E-state index in [2.05, 4.69) is 25.5 Å². The number of hydrogen-bond acceptors (Lipinski definition) is 5. The predicted molar refractivity (Wildman–Crippen MR) is 126 cm³/mol. The molecule has 2 aliphatic heterocycles. The zero-order valence-corrected chi connectivity index (χ0v) is 19.3. The Morgan fingerprint density at radius 2 is 1.97 bits per heavy atom. The van der Waals surface area contributed by atoms with Gasteiger partial charge in [0.05, 0.1) is 18.3 Å². The summed E-state index contributed by atoms with van der Waals surface area (Å²) in [5.74, 6) is 3.24. The molecule has 2 saturated heterocycles. The van der Waals surface area contributed by atoms with Gasteiger partial charge in [-0.2, -0.15) is 0 Å². The number of nitrogens with one attached hydrogen (secondary N) is 2. The van der Waals surface area contributed by atoms with E-state index in [0.29, 0.717) is 18.9 Å². The van der Waals surface area contributed by atoms with Crippen LogP contribution in [0.1, 0.15) is 36.6 Å². The van der Waals surface area contributed by atoms with E-state index in [4.69, 9.17) is 4.42 Å². The SMILES string of the molecule is CN=C(NCC1CCN(Cc2nc(C)c(C)o2)CC1)NC1CC(=O)N(c2ccccc2)C1. The molecule has 0 bridgehead atoms. The number of hydrogen-bond donors (Lipinski definition) is 2. The fourth-order valence-electron chi connectivity index (χ4n) is 4.44. The molecule has 2 aliphatic rings. The molecule has 1 unspecified atom stereocenters. The summed E-state index contributed by atoms with van der Waals surface area (Å²) in [4.78, 5) is 25.6. The van der Waals surface area contributed by atoms with Crippen LogP contribution in [0.4, 0.5) is 5.69 Å². The predicted octanol–water partition coefficient (Wildman–Crippen LogP) is 2.47. The van der Waals surface area contributed by atoms with E-state index in [1.807, 2.05) is 49.1 Å². The third-order valence-electron chi connectivity index (χ3n) is 6.45. The zero-order chi connectivity index (χ0) is 22.5. The van der Waals surface area contributed by atoms with Gasteiger partial charge >= 0.3 is 0 Å². The second-order valence-electron chi connectivity index (χ2n) is 8.81. The molecular weight excluding hydrogens is 404 g/mol. The minimum Gasteiger partial charge on any atom is -0.444 e. The van der Waals surface area contributed by atoms with Gasteiger partial charge in [0.15, 0.2) is 5.96 Å². The highest BCUT2D eigenvalue weighted by molar-refractivity contribution is 5.97. The lowest BCUT2D eigenvalue weighted by molar-refractivity contribution is -0.117. The van der Waals surface area contributed by atoms with Crippen LogP contribution >= 0.6 is 0 Å². The maximum atomic E-state index is 12.5. The maximum absolute atomic E-state index is 12.5. The number of para-hydroxylation sites is 1. The molecule has 8 nitrogen and oxygen atoms in total. The van der Waals surface area contributed by atoms with Crippen molar-refractivity contribution in [2.75, 3.05) is 38.1 Å². The van der Waals surface area contributed by atoms with Crippen LogP contribution in [0.2, 0.25) is 0 Å². The third-order valence-corrected chi connectivity index (χ3v) is 6.45. The third kappa shape index (κ3) is 5.48. The van der Waals surface area contributed by atoms with Gasteiger partial charge < -0.3 is 20.0 Å². The van der Waals surface area contributed by atoms with E-state index >= 15 is 0 Å². The van der Waals surface area contributed by atoms with Gasteiger partial charge in [-0.3, -0.25) is 14.7 Å². The van der Waals surface area contributed by atoms with Crippen molar-refractivity contribution in [2.24, 2.45) is 10.9 Å². The number of aryl methyl sites for hydroxylation is 2. The minimum absolute atomic E-state index is 0.0588. The summed E-state index contributed by atoms with van der Waals surface area (Å²) in [6, 6.07) is 9.90. The van der Waals surface area contributed by atoms with Crippen molar-refractivity contribution < 1.29 is 9.21 Å². The first-order chi connectivity index (χ1) is 15.5. The molecule has 172 valence electrons. The van der Waals surface area contributed by atoms with E-state index in [-0.39, 0.29) is 11.9 Å². The van der Waals surface area contributed by atoms with Crippen molar-refractivity contribution in [3.05, 3.63) is 47.7 Å². The van der Waals surface area contributed by atoms with Gasteiger partial charge in [-0.25, -0.2) is 4.98 Å². The average Bonchev–Trinajstić information content (AvgIpc) is 3.33. The Balaban J connectivity index is 1.20. The Labute approximate surface area is 190 Å². The van der Waals surface area contributed by atoms with E-state index in [1.165, 1.54) is 0 Å². The Bertz CT molecular complexity index is 914. The number of oxazole rings is 1. The molecule has 32 heavy (non-hydrogen) atoms. The van der Waals surface area contributed by atoms with Gasteiger partial charge in [-0.05, 0) is 57.8 Å². The molecule has 2 N–H and O–H groups in total. The minimum atomic E-state index is 0.0588. The van der Waals surface area contributed by atoms with E-state index in [9.17, 15) is 4.79 Å². The molecule has 8 heteroatoms. The van der Waals surface area contributed by atoms with Crippen LogP contribution < -0.4 is 15.5 Å². The summed E-state index contributed by atoms with van der Waals surface area (Å²) >= 11 is 0. The summed E-state index contributed by atoms with van der Waals surface area (Å²) in [6.07, 6.45) is 2.74. The standard InChI is InChI=1S/C24H34N6O2/c1-17-18(2)32-22(27-17)16-29-11-9-19(10-12-29)14-26-24(25-3)28-20-13-23(31)30(15-20)21-7-5-4-6-8-21/h4-8,19-20H,9-16H2,1-3H3,(H2,25,26,28). The van der Waals surface area contributed by atoms with E-state index in [1.54, 1.807) is 7.05 Å². The number of guanidine groups is 1. The number of amides is 1. The Morgan fingerprint density at radius 1 is 1.22 bits per heavy atom. The summed E-state index contributed by atoms with van der Waals surface area (Å²) in [5.41, 5.74) is 1.93. The molecule has 4 rings (SSSR count). The lowest BCUT2D eigenvalue weighted by atomic mass is 9.97. The van der Waals surface area contributed by atoms with Gasteiger partial charge in [0.1, 0.15) is 5.76 Å². The van der Waals surface area contributed by atoms with Crippen molar-refractivity contribution in [3.8, 4) is 0 Å². The van der Waals surface area contributed by atoms with Crippen LogP contribution in [0.25, 0.3) is 0 Å². The number of benzene rings is 1. The maximum Gasteiger partial charge on any atom is 0.229 e. The first-order valence-corrected chi connectivity index (χ1v) is 11.5. The lowest BCUT2D eigenvalue weighted by Crippen LogP contribution is -2.47. The molecule has 0 radical (unpaired) electrons. The van der Waals surface area contributed by atoms with E-state index in [0.717, 1.165) is 68.0 Å². The van der Waals surface area contributed by atoms with Crippen LogP contribution in [-0.4, -0.2) is 61.0 Å². The van der Waals surface area contributed by atoms with Gasteiger partial charge in [-0.1, -0.05) is 18.2 Å². The van der Waals surface area contributed by atoms with Gasteiger partial charge in [-0.15, -0.1) is 0 Å². The highest BCUT2D eigenvalue weighted by Gasteiger charge is 2.31. The highest BCUT2D eigenvalue weighted by atomic mass is 16.4. The summed E-state index contributed by atoms with van der Waals surface area (Å²) in [5, 5.41) is 6.90. The van der Waals surface area contributed by atoms with Gasteiger partial charge in [0.2, 0.25) is 11.8 Å². The van der Waals surface area contributed by atoms with Crippen molar-refractivity contribution >= 4 is 17.6 Å². The fourth-order valence-corrected chi connectivity index (χ4v) is 4.44. The average molecular weight is 439 g/mol. The molecule has 2 aromatic rings. The largest absolute Gasteiger partial charge is 0.444 e. The molecule has 0 saturated carbocycles. The molecule has 0 aliphatic carbocycles. The topological polar surface area (TPSA) is 86.0 Å². The number of rotatable bonds is 6.